The third kappa shape index (κ3) is 2.85. The van der Waals surface area contributed by atoms with Gasteiger partial charge >= 0.3 is 0 Å². The van der Waals surface area contributed by atoms with Gasteiger partial charge in [0, 0.05) is 35.0 Å². The monoisotopic (exact) mass is 369 g/mol. The van der Waals surface area contributed by atoms with Gasteiger partial charge in [-0.3, -0.25) is 19.4 Å². The van der Waals surface area contributed by atoms with Gasteiger partial charge in [0.25, 0.3) is 0 Å². The molecule has 4 rings (SSSR count). The van der Waals surface area contributed by atoms with Gasteiger partial charge in [-0.05, 0) is 29.9 Å². The summed E-state index contributed by atoms with van der Waals surface area (Å²) in [5.74, 6) is -0.00759. The van der Waals surface area contributed by atoms with Crippen molar-refractivity contribution in [3.05, 3.63) is 30.2 Å². The first-order valence-corrected chi connectivity index (χ1v) is 9.13. The van der Waals surface area contributed by atoms with Crippen molar-refractivity contribution in [1.29, 1.82) is 0 Å². The van der Waals surface area contributed by atoms with E-state index in [1.54, 1.807) is 17.3 Å². The first kappa shape index (κ1) is 17.5. The summed E-state index contributed by atoms with van der Waals surface area (Å²) < 4.78 is 0. The molecule has 1 saturated carbocycles. The predicted molar refractivity (Wildman–Crippen MR) is 98.3 cm³/mol. The fourth-order valence-electron chi connectivity index (χ4n) is 4.54. The first-order chi connectivity index (χ1) is 13.0. The second-order valence-corrected chi connectivity index (χ2v) is 7.73. The van der Waals surface area contributed by atoms with E-state index in [0.717, 1.165) is 16.6 Å². The minimum atomic E-state index is -0.497. The Labute approximate surface area is 156 Å². The lowest BCUT2D eigenvalue weighted by Crippen LogP contribution is -2.50. The van der Waals surface area contributed by atoms with Gasteiger partial charge in [0.05, 0.1) is 13.1 Å². The van der Waals surface area contributed by atoms with E-state index in [1.807, 2.05) is 12.1 Å². The number of hydrogen-bond donors (Lipinski definition) is 3. The number of carbonyl (C=O) groups excluding carboxylic acids is 3. The molecule has 8 nitrogen and oxygen atoms in total. The van der Waals surface area contributed by atoms with Crippen LogP contribution in [0.15, 0.2) is 24.5 Å². The zero-order valence-corrected chi connectivity index (χ0v) is 15.4. The van der Waals surface area contributed by atoms with Crippen LogP contribution in [-0.4, -0.2) is 51.7 Å². The second-order valence-electron chi connectivity index (χ2n) is 7.73. The van der Waals surface area contributed by atoms with Crippen molar-refractivity contribution in [2.45, 2.75) is 38.9 Å². The molecule has 1 saturated heterocycles. The molecule has 0 aromatic carbocycles. The van der Waals surface area contributed by atoms with E-state index in [9.17, 15) is 14.4 Å². The molecule has 1 aliphatic heterocycles. The van der Waals surface area contributed by atoms with Crippen molar-refractivity contribution in [3.63, 3.8) is 0 Å². The Morgan fingerprint density at radius 3 is 3.04 bits per heavy atom. The number of likely N-dealkylation sites (tertiary alicyclic amines) is 1. The molecule has 2 aliphatic rings. The lowest BCUT2D eigenvalue weighted by atomic mass is 9.98. The molecule has 3 N–H and O–H groups in total. The van der Waals surface area contributed by atoms with Crippen LogP contribution < -0.4 is 10.6 Å². The molecule has 8 heteroatoms. The normalized spacial score (nSPS) is 28.7. The van der Waals surface area contributed by atoms with Crippen molar-refractivity contribution in [3.8, 4) is 0 Å². The molecule has 27 heavy (non-hydrogen) atoms. The van der Waals surface area contributed by atoms with E-state index >= 15 is 0 Å². The molecule has 142 valence electrons. The van der Waals surface area contributed by atoms with Gasteiger partial charge in [0.15, 0.2) is 0 Å². The summed E-state index contributed by atoms with van der Waals surface area (Å²) in [5.41, 5.74) is 1.83. The van der Waals surface area contributed by atoms with Gasteiger partial charge in [-0.2, -0.15) is 0 Å². The largest absolute Gasteiger partial charge is 0.357 e. The van der Waals surface area contributed by atoms with E-state index in [1.165, 1.54) is 0 Å². The molecule has 3 amide bonds. The maximum atomic E-state index is 12.8. The SMILES string of the molecule is CC1C2N(C(=O)CNC=O)C(C(=O)NCc3cc4cnccc4[nH]3)C[C@]12C. The van der Waals surface area contributed by atoms with Crippen LogP contribution in [0, 0.1) is 11.3 Å². The molecule has 2 aromatic heterocycles. The minimum absolute atomic E-state index is 0.0222. The lowest BCUT2D eigenvalue weighted by Gasteiger charge is -2.28. The third-order valence-corrected chi connectivity index (χ3v) is 6.21. The molecule has 4 atom stereocenters. The number of H-pyrrole nitrogens is 1. The number of nitrogens with one attached hydrogen (secondary N) is 3. The van der Waals surface area contributed by atoms with E-state index in [2.05, 4.69) is 34.4 Å². The maximum Gasteiger partial charge on any atom is 0.243 e. The Morgan fingerprint density at radius 1 is 1.48 bits per heavy atom. The number of piperidine rings is 1. The second kappa shape index (κ2) is 6.37. The van der Waals surface area contributed by atoms with Crippen LogP contribution in [0.1, 0.15) is 26.0 Å². The van der Waals surface area contributed by atoms with Crippen molar-refractivity contribution in [2.75, 3.05) is 6.54 Å². The Morgan fingerprint density at radius 2 is 2.30 bits per heavy atom. The van der Waals surface area contributed by atoms with Gasteiger partial charge in [-0.15, -0.1) is 0 Å². The summed E-state index contributed by atoms with van der Waals surface area (Å²) in [6.45, 7) is 4.50. The topological polar surface area (TPSA) is 107 Å². The van der Waals surface area contributed by atoms with Crippen LogP contribution in [0.3, 0.4) is 0 Å². The zero-order valence-electron chi connectivity index (χ0n) is 15.4. The van der Waals surface area contributed by atoms with Crippen molar-refractivity contribution in [1.82, 2.24) is 25.5 Å². The molecule has 0 bridgehead atoms. The smallest absolute Gasteiger partial charge is 0.243 e. The molecule has 1 aliphatic carbocycles. The summed E-state index contributed by atoms with van der Waals surface area (Å²) in [6.07, 6.45) is 4.63. The van der Waals surface area contributed by atoms with Crippen LogP contribution in [0.2, 0.25) is 0 Å². The number of hydrogen-bond acceptors (Lipinski definition) is 4. The third-order valence-electron chi connectivity index (χ3n) is 6.21. The lowest BCUT2D eigenvalue weighted by molar-refractivity contribution is -0.139. The maximum absolute atomic E-state index is 12.8. The standard InChI is InChI=1S/C19H23N5O3/c1-11-17-19(11,2)6-15(24(17)16(26)9-21-10-25)18(27)22-8-13-5-12-7-20-4-3-14(12)23-13/h3-5,7,10-11,15,17,23H,6,8-9H2,1-2H3,(H,21,25)(H,22,27)/t11?,15?,17?,19-/m1/s1. The number of fused-ring (bicyclic) bond motifs is 2. The molecule has 2 fully saturated rings. The summed E-state index contributed by atoms with van der Waals surface area (Å²) in [6, 6.07) is 3.40. The Hall–Kier alpha value is -2.90. The number of carbonyl (C=O) groups is 3. The molecule has 3 heterocycles. The quantitative estimate of drug-likeness (QED) is 0.646. The van der Waals surface area contributed by atoms with Crippen LogP contribution in [0.25, 0.3) is 10.9 Å². The summed E-state index contributed by atoms with van der Waals surface area (Å²) in [5, 5.41) is 6.34. The summed E-state index contributed by atoms with van der Waals surface area (Å²) in [4.78, 5) is 44.9. The zero-order chi connectivity index (χ0) is 19.2. The van der Waals surface area contributed by atoms with Gasteiger partial charge in [-0.1, -0.05) is 13.8 Å². The van der Waals surface area contributed by atoms with Crippen LogP contribution in [0.4, 0.5) is 0 Å². The molecular weight excluding hydrogens is 346 g/mol. The highest BCUT2D eigenvalue weighted by molar-refractivity contribution is 5.91. The Bertz CT molecular complexity index is 877. The van der Waals surface area contributed by atoms with E-state index in [0.29, 0.717) is 25.3 Å². The van der Waals surface area contributed by atoms with Crippen molar-refractivity contribution in [2.24, 2.45) is 11.3 Å². The number of amides is 3. The number of aromatic nitrogens is 2. The predicted octanol–water partition coefficient (Wildman–Crippen LogP) is 0.551. The summed E-state index contributed by atoms with van der Waals surface area (Å²) in [7, 11) is 0. The minimum Gasteiger partial charge on any atom is -0.357 e. The van der Waals surface area contributed by atoms with Gasteiger partial charge in [0.1, 0.15) is 6.04 Å². The highest BCUT2D eigenvalue weighted by atomic mass is 16.2. The fourth-order valence-corrected chi connectivity index (χ4v) is 4.54. The molecular formula is C19H23N5O3. The average molecular weight is 369 g/mol. The number of nitrogens with zero attached hydrogens (tertiary/aromatic N) is 2. The average Bonchev–Trinajstić information content (AvgIpc) is 3.00. The van der Waals surface area contributed by atoms with E-state index in [-0.39, 0.29) is 29.8 Å². The first-order valence-electron chi connectivity index (χ1n) is 9.13. The molecule has 3 unspecified atom stereocenters. The van der Waals surface area contributed by atoms with Gasteiger partial charge in [0.2, 0.25) is 18.2 Å². The van der Waals surface area contributed by atoms with Gasteiger partial charge in [-0.25, -0.2) is 0 Å². The number of pyridine rings is 1. The number of aromatic amines is 1. The van der Waals surface area contributed by atoms with Crippen LogP contribution in [0.5, 0.6) is 0 Å². The summed E-state index contributed by atoms with van der Waals surface area (Å²) >= 11 is 0. The van der Waals surface area contributed by atoms with Crippen molar-refractivity contribution >= 4 is 29.1 Å². The number of rotatable bonds is 6. The highest BCUT2D eigenvalue weighted by Crippen LogP contribution is 2.63. The Balaban J connectivity index is 1.45. The van der Waals surface area contributed by atoms with Crippen LogP contribution >= 0.6 is 0 Å². The fraction of sp³-hybridized carbons (Fsp3) is 0.474. The molecule has 0 radical (unpaired) electrons. The highest BCUT2D eigenvalue weighted by Gasteiger charge is 2.69. The van der Waals surface area contributed by atoms with E-state index < -0.39 is 6.04 Å². The molecule has 2 aromatic rings. The Kier molecular flexibility index (Phi) is 4.13. The van der Waals surface area contributed by atoms with E-state index in [4.69, 9.17) is 0 Å². The van der Waals surface area contributed by atoms with Crippen molar-refractivity contribution < 1.29 is 14.4 Å². The van der Waals surface area contributed by atoms with Gasteiger partial charge < -0.3 is 20.5 Å². The molecule has 0 spiro atoms. The van der Waals surface area contributed by atoms with Crippen LogP contribution in [-0.2, 0) is 20.9 Å².